The number of nitrogens with two attached hydrogens (primary N) is 1. The van der Waals surface area contributed by atoms with Gasteiger partial charge in [0.05, 0.1) is 13.0 Å². The highest BCUT2D eigenvalue weighted by Crippen LogP contribution is 2.10. The highest BCUT2D eigenvalue weighted by molar-refractivity contribution is 5.73. The molecular weight excluding hydrogens is 264 g/mol. The molecule has 0 saturated carbocycles. The van der Waals surface area contributed by atoms with Gasteiger partial charge in [0.1, 0.15) is 0 Å². The number of hydrogen-bond donors (Lipinski definition) is 1. The summed E-state index contributed by atoms with van der Waals surface area (Å²) >= 11 is 0. The average Bonchev–Trinajstić information content (AvgIpc) is 2.49. The average molecular weight is 284 g/mol. The number of benzene rings is 2. The van der Waals surface area contributed by atoms with Gasteiger partial charge in [0, 0.05) is 13.1 Å². The van der Waals surface area contributed by atoms with E-state index in [4.69, 9.17) is 10.6 Å². The maximum Gasteiger partial charge on any atom is 0.219 e. The van der Waals surface area contributed by atoms with E-state index in [2.05, 4.69) is 24.3 Å². The van der Waals surface area contributed by atoms with Crippen LogP contribution in [0.15, 0.2) is 60.7 Å². The Labute approximate surface area is 125 Å². The van der Waals surface area contributed by atoms with Gasteiger partial charge in [-0.05, 0) is 11.1 Å². The van der Waals surface area contributed by atoms with Gasteiger partial charge >= 0.3 is 0 Å². The summed E-state index contributed by atoms with van der Waals surface area (Å²) in [6.45, 7) is 1.62. The van der Waals surface area contributed by atoms with Crippen molar-refractivity contribution in [3.05, 3.63) is 71.8 Å². The van der Waals surface area contributed by atoms with Gasteiger partial charge in [-0.25, -0.2) is 0 Å². The van der Waals surface area contributed by atoms with Crippen molar-refractivity contribution >= 4 is 5.91 Å². The molecule has 0 atom stereocenters. The van der Waals surface area contributed by atoms with Gasteiger partial charge in [0.15, 0.2) is 0 Å². The van der Waals surface area contributed by atoms with Crippen LogP contribution in [0.4, 0.5) is 0 Å². The van der Waals surface area contributed by atoms with Gasteiger partial charge in [0.2, 0.25) is 5.91 Å². The molecule has 0 unspecified atom stereocenters. The molecule has 0 fully saturated rings. The van der Waals surface area contributed by atoms with Crippen molar-refractivity contribution in [1.82, 2.24) is 5.06 Å². The van der Waals surface area contributed by atoms with E-state index in [0.29, 0.717) is 19.7 Å². The zero-order valence-electron chi connectivity index (χ0n) is 11.9. The smallest absolute Gasteiger partial charge is 0.219 e. The maximum absolute atomic E-state index is 10.8. The normalized spacial score (nSPS) is 10.7. The molecule has 1 amide bonds. The molecule has 0 spiro atoms. The molecule has 110 valence electrons. The monoisotopic (exact) mass is 284 g/mol. The molecule has 2 rings (SSSR count). The van der Waals surface area contributed by atoms with Gasteiger partial charge in [-0.2, -0.15) is 5.06 Å². The molecule has 0 bridgehead atoms. The summed E-state index contributed by atoms with van der Waals surface area (Å²) in [5.41, 5.74) is 7.47. The first-order valence-electron chi connectivity index (χ1n) is 6.98. The largest absolute Gasteiger partial charge is 0.370 e. The van der Waals surface area contributed by atoms with Crippen LogP contribution in [0.3, 0.4) is 0 Å². The topological polar surface area (TPSA) is 55.6 Å². The van der Waals surface area contributed by atoms with Gasteiger partial charge in [-0.3, -0.25) is 9.63 Å². The molecule has 0 saturated heterocycles. The van der Waals surface area contributed by atoms with Gasteiger partial charge < -0.3 is 5.73 Å². The Morgan fingerprint density at radius 2 is 1.38 bits per heavy atom. The molecule has 2 aromatic carbocycles. The standard InChI is InChI=1S/C17H20N2O2/c18-17(20)11-12-21-19(13-15-7-3-1-4-8-15)14-16-9-5-2-6-10-16/h1-10H,11-14H2,(H2,18,20). The van der Waals surface area contributed by atoms with Crippen LogP contribution in [0.2, 0.25) is 0 Å². The minimum Gasteiger partial charge on any atom is -0.370 e. The van der Waals surface area contributed by atoms with Crippen LogP contribution in [0.1, 0.15) is 17.5 Å². The number of amides is 1. The van der Waals surface area contributed by atoms with Crippen molar-refractivity contribution < 1.29 is 9.63 Å². The highest BCUT2D eigenvalue weighted by atomic mass is 16.7. The molecule has 2 aromatic rings. The summed E-state index contributed by atoms with van der Waals surface area (Å²) < 4.78 is 0. The van der Waals surface area contributed by atoms with Crippen molar-refractivity contribution in [2.45, 2.75) is 19.5 Å². The summed E-state index contributed by atoms with van der Waals surface area (Å²) in [5.74, 6) is -0.352. The van der Waals surface area contributed by atoms with Gasteiger partial charge in [-0.15, -0.1) is 0 Å². The second kappa shape index (κ2) is 8.19. The summed E-state index contributed by atoms with van der Waals surface area (Å²) in [6.07, 6.45) is 0.222. The van der Waals surface area contributed by atoms with E-state index in [1.807, 2.05) is 41.5 Å². The van der Waals surface area contributed by atoms with E-state index in [1.54, 1.807) is 0 Å². The molecule has 0 aliphatic heterocycles. The van der Waals surface area contributed by atoms with E-state index in [1.165, 1.54) is 0 Å². The van der Waals surface area contributed by atoms with Crippen LogP contribution < -0.4 is 5.73 Å². The SMILES string of the molecule is NC(=O)CCON(Cc1ccccc1)Cc1ccccc1. The molecule has 0 radical (unpaired) electrons. The van der Waals surface area contributed by atoms with Crippen LogP contribution in [-0.4, -0.2) is 17.6 Å². The Kier molecular flexibility index (Phi) is 5.94. The van der Waals surface area contributed by atoms with Gasteiger partial charge in [0.25, 0.3) is 0 Å². The fourth-order valence-corrected chi connectivity index (χ4v) is 2.00. The Morgan fingerprint density at radius 1 is 0.905 bits per heavy atom. The van der Waals surface area contributed by atoms with E-state index in [9.17, 15) is 4.79 Å². The predicted octanol–water partition coefficient (Wildman–Crippen LogP) is 2.50. The lowest BCUT2D eigenvalue weighted by Gasteiger charge is -2.22. The molecule has 2 N–H and O–H groups in total. The highest BCUT2D eigenvalue weighted by Gasteiger charge is 2.08. The van der Waals surface area contributed by atoms with E-state index < -0.39 is 0 Å². The molecule has 0 heterocycles. The first kappa shape index (κ1) is 15.2. The summed E-state index contributed by atoms with van der Waals surface area (Å²) in [4.78, 5) is 16.5. The van der Waals surface area contributed by atoms with Crippen LogP contribution in [0, 0.1) is 0 Å². The van der Waals surface area contributed by atoms with Crippen molar-refractivity contribution in [2.24, 2.45) is 5.73 Å². The molecule has 4 nitrogen and oxygen atoms in total. The zero-order chi connectivity index (χ0) is 14.9. The summed E-state index contributed by atoms with van der Waals surface area (Å²) in [5, 5.41) is 1.85. The van der Waals surface area contributed by atoms with Crippen molar-refractivity contribution in [2.75, 3.05) is 6.61 Å². The maximum atomic E-state index is 10.8. The summed E-state index contributed by atoms with van der Waals surface area (Å²) in [7, 11) is 0. The third kappa shape index (κ3) is 5.77. The van der Waals surface area contributed by atoms with Crippen LogP contribution in [0.5, 0.6) is 0 Å². The third-order valence-corrected chi connectivity index (χ3v) is 3.03. The lowest BCUT2D eigenvalue weighted by molar-refractivity contribution is -0.175. The molecular formula is C17H20N2O2. The Balaban J connectivity index is 1.97. The number of carbonyl (C=O) groups is 1. The molecule has 0 aliphatic carbocycles. The molecule has 4 heteroatoms. The molecule has 0 aromatic heterocycles. The quantitative estimate of drug-likeness (QED) is 0.758. The number of nitrogens with zero attached hydrogens (tertiary/aromatic N) is 1. The second-order valence-corrected chi connectivity index (χ2v) is 4.82. The van der Waals surface area contributed by atoms with Crippen LogP contribution in [0.25, 0.3) is 0 Å². The van der Waals surface area contributed by atoms with Gasteiger partial charge in [-0.1, -0.05) is 60.7 Å². The Bertz CT molecular complexity index is 502. The van der Waals surface area contributed by atoms with Crippen LogP contribution >= 0.6 is 0 Å². The third-order valence-electron chi connectivity index (χ3n) is 3.03. The van der Waals surface area contributed by atoms with Crippen molar-refractivity contribution in [1.29, 1.82) is 0 Å². The number of hydroxylamine groups is 2. The van der Waals surface area contributed by atoms with Crippen molar-refractivity contribution in [3.8, 4) is 0 Å². The first-order valence-corrected chi connectivity index (χ1v) is 6.98. The number of rotatable bonds is 8. The second-order valence-electron chi connectivity index (χ2n) is 4.82. The minimum atomic E-state index is -0.352. The molecule has 0 aliphatic rings. The number of hydrogen-bond acceptors (Lipinski definition) is 3. The van der Waals surface area contributed by atoms with E-state index >= 15 is 0 Å². The van der Waals surface area contributed by atoms with E-state index in [0.717, 1.165) is 11.1 Å². The van der Waals surface area contributed by atoms with E-state index in [-0.39, 0.29) is 12.3 Å². The number of primary amides is 1. The fraction of sp³-hybridized carbons (Fsp3) is 0.235. The van der Waals surface area contributed by atoms with Crippen LogP contribution in [-0.2, 0) is 22.7 Å². The molecule has 21 heavy (non-hydrogen) atoms. The first-order chi connectivity index (χ1) is 10.2. The number of carbonyl (C=O) groups excluding carboxylic acids is 1. The lowest BCUT2D eigenvalue weighted by Crippen LogP contribution is -2.25. The predicted molar refractivity (Wildman–Crippen MR) is 81.9 cm³/mol. The summed E-state index contributed by atoms with van der Waals surface area (Å²) in [6, 6.07) is 20.2. The zero-order valence-corrected chi connectivity index (χ0v) is 11.9. The lowest BCUT2D eigenvalue weighted by atomic mass is 10.2. The minimum absolute atomic E-state index is 0.222. The van der Waals surface area contributed by atoms with Crippen molar-refractivity contribution in [3.63, 3.8) is 0 Å². The Hall–Kier alpha value is -2.17. The Morgan fingerprint density at radius 3 is 1.81 bits per heavy atom. The fourth-order valence-electron chi connectivity index (χ4n) is 2.00.